The van der Waals surface area contributed by atoms with Gasteiger partial charge in [0.15, 0.2) is 0 Å². The summed E-state index contributed by atoms with van der Waals surface area (Å²) in [5.41, 5.74) is 0.147. The van der Waals surface area contributed by atoms with Crippen molar-refractivity contribution in [2.75, 3.05) is 17.3 Å². The molecule has 0 radical (unpaired) electrons. The second kappa shape index (κ2) is 7.08. The highest BCUT2D eigenvalue weighted by atomic mass is 32.2. The minimum absolute atomic E-state index is 0.0177. The van der Waals surface area contributed by atoms with E-state index in [-0.39, 0.29) is 18.0 Å². The molecule has 5 nitrogen and oxygen atoms in total. The molecule has 1 aliphatic rings. The third-order valence-electron chi connectivity index (χ3n) is 2.96. The number of amides is 1. The molecule has 1 unspecified atom stereocenters. The van der Waals surface area contributed by atoms with Crippen molar-refractivity contribution in [3.8, 4) is 0 Å². The topological polar surface area (TPSA) is 79.5 Å². The number of furan rings is 1. The Morgan fingerprint density at radius 2 is 2.30 bits per heavy atom. The molecular weight excluding hydrogens is 298 g/mol. The Morgan fingerprint density at radius 3 is 2.90 bits per heavy atom. The van der Waals surface area contributed by atoms with E-state index in [0.717, 1.165) is 17.3 Å². The maximum Gasteiger partial charge on any atom is 0.339 e. The number of carbonyl (C=O) groups is 2. The van der Waals surface area contributed by atoms with Crippen LogP contribution in [0.4, 0.5) is 0 Å². The van der Waals surface area contributed by atoms with Crippen molar-refractivity contribution in [1.82, 2.24) is 5.32 Å². The number of hydrogen-bond donors (Lipinski definition) is 2. The Bertz CT molecular complexity index is 495. The number of carbonyl (C=O) groups excluding carboxylic acids is 1. The van der Waals surface area contributed by atoms with Gasteiger partial charge in [-0.05, 0) is 13.0 Å². The van der Waals surface area contributed by atoms with Gasteiger partial charge in [-0.25, -0.2) is 4.79 Å². The van der Waals surface area contributed by atoms with Crippen molar-refractivity contribution in [2.45, 2.75) is 25.1 Å². The number of aryl methyl sites for hydroxylation is 1. The van der Waals surface area contributed by atoms with Gasteiger partial charge in [0.1, 0.15) is 17.1 Å². The number of thioether (sulfide) groups is 2. The van der Waals surface area contributed by atoms with E-state index in [1.165, 1.54) is 6.07 Å². The SMILES string of the molecule is Cc1oc(CNC(=O)CC2CSCCS2)cc1C(=O)O. The number of carboxylic acids is 1. The average molecular weight is 315 g/mol. The van der Waals surface area contributed by atoms with Gasteiger partial charge in [-0.1, -0.05) is 0 Å². The van der Waals surface area contributed by atoms with Crippen molar-refractivity contribution in [1.29, 1.82) is 0 Å². The number of rotatable bonds is 5. The van der Waals surface area contributed by atoms with E-state index in [2.05, 4.69) is 5.32 Å². The number of nitrogens with one attached hydrogen (secondary N) is 1. The fourth-order valence-electron chi connectivity index (χ4n) is 1.96. The largest absolute Gasteiger partial charge is 0.478 e. The fraction of sp³-hybridized carbons (Fsp3) is 0.538. The van der Waals surface area contributed by atoms with Crippen molar-refractivity contribution in [3.63, 3.8) is 0 Å². The van der Waals surface area contributed by atoms with E-state index in [1.807, 2.05) is 23.5 Å². The van der Waals surface area contributed by atoms with Crippen LogP contribution >= 0.6 is 23.5 Å². The van der Waals surface area contributed by atoms with E-state index in [9.17, 15) is 9.59 Å². The zero-order valence-corrected chi connectivity index (χ0v) is 12.8. The van der Waals surface area contributed by atoms with Crippen LogP contribution in [0.1, 0.15) is 28.3 Å². The lowest BCUT2D eigenvalue weighted by molar-refractivity contribution is -0.121. The second-order valence-electron chi connectivity index (χ2n) is 4.54. The molecule has 1 amide bonds. The van der Waals surface area contributed by atoms with Gasteiger partial charge in [0.25, 0.3) is 0 Å². The van der Waals surface area contributed by atoms with Gasteiger partial charge in [-0.15, -0.1) is 0 Å². The molecule has 0 bridgehead atoms. The molecule has 1 aromatic heterocycles. The first-order chi connectivity index (χ1) is 9.56. The molecule has 1 aliphatic heterocycles. The molecule has 1 atom stereocenters. The van der Waals surface area contributed by atoms with Gasteiger partial charge in [0.2, 0.25) is 5.91 Å². The number of aromatic carboxylic acids is 1. The van der Waals surface area contributed by atoms with Gasteiger partial charge in [-0.3, -0.25) is 4.79 Å². The van der Waals surface area contributed by atoms with Crippen LogP contribution in [-0.4, -0.2) is 39.5 Å². The van der Waals surface area contributed by atoms with Gasteiger partial charge >= 0.3 is 5.97 Å². The predicted molar refractivity (Wildman–Crippen MR) is 80.4 cm³/mol. The van der Waals surface area contributed by atoms with Crippen LogP contribution in [-0.2, 0) is 11.3 Å². The molecule has 0 spiro atoms. The lowest BCUT2D eigenvalue weighted by Gasteiger charge is -2.20. The quantitative estimate of drug-likeness (QED) is 0.866. The summed E-state index contributed by atoms with van der Waals surface area (Å²) in [5.74, 6) is 3.07. The third-order valence-corrected chi connectivity index (χ3v) is 5.80. The third kappa shape index (κ3) is 4.21. The second-order valence-corrected chi connectivity index (χ2v) is 7.09. The summed E-state index contributed by atoms with van der Waals surface area (Å²) < 4.78 is 5.31. The Labute approximate surface area is 125 Å². The van der Waals surface area contributed by atoms with Crippen LogP contribution in [0.25, 0.3) is 0 Å². The van der Waals surface area contributed by atoms with Crippen molar-refractivity contribution in [2.24, 2.45) is 0 Å². The normalized spacial score (nSPS) is 18.8. The van der Waals surface area contributed by atoms with Gasteiger partial charge in [-0.2, -0.15) is 23.5 Å². The fourth-order valence-corrected chi connectivity index (χ4v) is 4.64. The maximum absolute atomic E-state index is 11.8. The summed E-state index contributed by atoms with van der Waals surface area (Å²) in [7, 11) is 0. The molecule has 1 fully saturated rings. The highest BCUT2D eigenvalue weighted by molar-refractivity contribution is 8.06. The minimum atomic E-state index is -1.01. The molecule has 0 aliphatic carbocycles. The molecule has 20 heavy (non-hydrogen) atoms. The monoisotopic (exact) mass is 315 g/mol. The molecule has 7 heteroatoms. The Morgan fingerprint density at radius 1 is 1.50 bits per heavy atom. The van der Waals surface area contributed by atoms with Crippen LogP contribution in [0.3, 0.4) is 0 Å². The van der Waals surface area contributed by atoms with Crippen molar-refractivity contribution in [3.05, 3.63) is 23.2 Å². The van der Waals surface area contributed by atoms with Crippen LogP contribution in [0.5, 0.6) is 0 Å². The van der Waals surface area contributed by atoms with Crippen LogP contribution < -0.4 is 5.32 Å². The first-order valence-electron chi connectivity index (χ1n) is 6.35. The number of carboxylic acid groups (broad SMARTS) is 1. The zero-order valence-electron chi connectivity index (χ0n) is 11.2. The molecule has 2 N–H and O–H groups in total. The molecular formula is C13H17NO4S2. The molecule has 1 aromatic rings. The lowest BCUT2D eigenvalue weighted by atomic mass is 10.2. The van der Waals surface area contributed by atoms with Crippen LogP contribution in [0.2, 0.25) is 0 Å². The average Bonchev–Trinajstić information content (AvgIpc) is 2.79. The molecule has 2 rings (SSSR count). The van der Waals surface area contributed by atoms with E-state index >= 15 is 0 Å². The summed E-state index contributed by atoms with van der Waals surface area (Å²) in [6.45, 7) is 1.84. The Balaban J connectivity index is 1.80. The molecule has 110 valence electrons. The van der Waals surface area contributed by atoms with E-state index in [4.69, 9.17) is 9.52 Å². The van der Waals surface area contributed by atoms with Gasteiger partial charge in [0, 0.05) is 28.9 Å². The summed E-state index contributed by atoms with van der Waals surface area (Å²) >= 11 is 3.72. The summed E-state index contributed by atoms with van der Waals surface area (Å²) in [6.07, 6.45) is 0.503. The van der Waals surface area contributed by atoms with Gasteiger partial charge in [0.05, 0.1) is 6.54 Å². The molecule has 1 saturated heterocycles. The zero-order chi connectivity index (χ0) is 14.5. The summed E-state index contributed by atoms with van der Waals surface area (Å²) in [5, 5.41) is 12.1. The summed E-state index contributed by atoms with van der Waals surface area (Å²) in [4.78, 5) is 22.7. The van der Waals surface area contributed by atoms with Crippen LogP contribution in [0, 0.1) is 6.92 Å². The Hall–Kier alpha value is -1.08. The van der Waals surface area contributed by atoms with E-state index in [1.54, 1.807) is 6.92 Å². The van der Waals surface area contributed by atoms with Crippen molar-refractivity contribution >= 4 is 35.4 Å². The van der Waals surface area contributed by atoms with E-state index < -0.39 is 5.97 Å². The standard InChI is InChI=1S/C13H17NO4S2/c1-8-11(13(16)17)4-9(18-8)6-14-12(15)5-10-7-19-2-3-20-10/h4,10H,2-3,5-7H2,1H3,(H,14,15)(H,16,17). The lowest BCUT2D eigenvalue weighted by Crippen LogP contribution is -2.28. The first kappa shape index (κ1) is 15.3. The Kier molecular flexibility index (Phi) is 5.42. The molecule has 0 aromatic carbocycles. The van der Waals surface area contributed by atoms with Gasteiger partial charge < -0.3 is 14.8 Å². The van der Waals surface area contributed by atoms with E-state index in [0.29, 0.717) is 23.2 Å². The maximum atomic E-state index is 11.8. The summed E-state index contributed by atoms with van der Waals surface area (Å²) in [6, 6.07) is 1.46. The highest BCUT2D eigenvalue weighted by Gasteiger charge is 2.18. The molecule has 0 saturated carbocycles. The highest BCUT2D eigenvalue weighted by Crippen LogP contribution is 2.26. The number of hydrogen-bond acceptors (Lipinski definition) is 5. The minimum Gasteiger partial charge on any atom is -0.478 e. The predicted octanol–water partition coefficient (Wildman–Crippen LogP) is 2.14. The molecule has 2 heterocycles. The van der Waals surface area contributed by atoms with Crippen molar-refractivity contribution < 1.29 is 19.1 Å². The smallest absolute Gasteiger partial charge is 0.339 e. The van der Waals surface area contributed by atoms with Crippen LogP contribution in [0.15, 0.2) is 10.5 Å². The first-order valence-corrected chi connectivity index (χ1v) is 8.55.